The lowest BCUT2D eigenvalue weighted by atomic mass is 9.61. The van der Waals surface area contributed by atoms with E-state index in [0.29, 0.717) is 11.2 Å². The highest BCUT2D eigenvalue weighted by Crippen LogP contribution is 2.61. The first-order valence-electron chi connectivity index (χ1n) is 22.7. The van der Waals surface area contributed by atoms with E-state index in [9.17, 15) is 0 Å². The molecule has 2 nitrogen and oxygen atoms in total. The molecule has 4 aliphatic rings. The van der Waals surface area contributed by atoms with Crippen LogP contribution in [0.1, 0.15) is 44.9 Å². The van der Waals surface area contributed by atoms with E-state index < -0.39 is 5.41 Å². The van der Waals surface area contributed by atoms with Gasteiger partial charge in [-0.1, -0.05) is 170 Å². The van der Waals surface area contributed by atoms with Gasteiger partial charge in [-0.2, -0.15) is 0 Å². The van der Waals surface area contributed by atoms with E-state index >= 15 is 0 Å². The molecule has 0 radical (unpaired) electrons. The Kier molecular flexibility index (Phi) is 8.92. The smallest absolute Gasteiger partial charge is 0.0719 e. The van der Waals surface area contributed by atoms with Gasteiger partial charge in [-0.05, 0) is 135 Å². The van der Waals surface area contributed by atoms with Crippen molar-refractivity contribution in [3.05, 3.63) is 282 Å². The minimum absolute atomic E-state index is 0.311. The van der Waals surface area contributed by atoms with Gasteiger partial charge >= 0.3 is 0 Å². The Bertz CT molecular complexity index is 3250. The fourth-order valence-corrected chi connectivity index (χ4v) is 12.7. The fraction of sp³-hybridized carbons (Fsp3) is 0.0645. The van der Waals surface area contributed by atoms with Crippen LogP contribution < -0.4 is 9.80 Å². The SMILES string of the molecule is C1=CC2Sc3cc(-c4ccc(N(c5ccccc5)c5ccccc5)cc4)c(N(c4ccccc4)c4ccc5c(c4)C4(c6ccccc6Cc6ccccc64)c4ccccc4-5)cc3C2C=C1. The van der Waals surface area contributed by atoms with E-state index in [1.165, 1.54) is 71.8 Å². The minimum atomic E-state index is -0.460. The number of nitrogens with zero attached hydrogens (tertiary/aromatic N) is 2. The third-order valence-corrected chi connectivity index (χ3v) is 15.4. The summed E-state index contributed by atoms with van der Waals surface area (Å²) < 4.78 is 0. The Morgan fingerprint density at radius 1 is 0.400 bits per heavy atom. The number of thioether (sulfide) groups is 1. The third kappa shape index (κ3) is 5.96. The number of fused-ring (bicyclic) bond motifs is 12. The maximum absolute atomic E-state index is 2.53. The quantitative estimate of drug-likeness (QED) is 0.158. The van der Waals surface area contributed by atoms with Crippen molar-refractivity contribution < 1.29 is 0 Å². The number of hydrogen-bond donors (Lipinski definition) is 0. The molecule has 0 saturated heterocycles. The molecule has 2 atom stereocenters. The lowest BCUT2D eigenvalue weighted by Gasteiger charge is -2.40. The van der Waals surface area contributed by atoms with Gasteiger partial charge in [-0.3, -0.25) is 0 Å². The highest BCUT2D eigenvalue weighted by atomic mass is 32.2. The molecule has 2 unspecified atom stereocenters. The van der Waals surface area contributed by atoms with Crippen LogP contribution >= 0.6 is 11.8 Å². The van der Waals surface area contributed by atoms with Crippen LogP contribution in [0, 0.1) is 0 Å². The first-order valence-corrected chi connectivity index (χ1v) is 23.6. The van der Waals surface area contributed by atoms with Crippen molar-refractivity contribution in [3.8, 4) is 22.3 Å². The molecule has 0 bridgehead atoms. The first kappa shape index (κ1) is 37.9. The number of allylic oxidation sites excluding steroid dienone is 3. The van der Waals surface area contributed by atoms with Gasteiger partial charge in [0.05, 0.1) is 11.1 Å². The zero-order valence-electron chi connectivity index (χ0n) is 35.8. The van der Waals surface area contributed by atoms with E-state index in [-0.39, 0.29) is 0 Å². The van der Waals surface area contributed by atoms with Crippen molar-refractivity contribution in [1.82, 2.24) is 0 Å². The van der Waals surface area contributed by atoms with Crippen molar-refractivity contribution in [2.24, 2.45) is 0 Å². The molecule has 13 rings (SSSR count). The topological polar surface area (TPSA) is 6.48 Å². The number of anilines is 6. The molecule has 0 aromatic heterocycles. The van der Waals surface area contributed by atoms with Gasteiger partial charge in [0.15, 0.2) is 0 Å². The van der Waals surface area contributed by atoms with Crippen molar-refractivity contribution in [2.45, 2.75) is 27.9 Å². The maximum atomic E-state index is 2.53. The Morgan fingerprint density at radius 3 is 1.58 bits per heavy atom. The largest absolute Gasteiger partial charge is 0.311 e. The summed E-state index contributed by atoms with van der Waals surface area (Å²) in [6.07, 6.45) is 10.1. The molecule has 3 heteroatoms. The van der Waals surface area contributed by atoms with Crippen LogP contribution in [0.2, 0.25) is 0 Å². The Balaban J connectivity index is 1.03. The van der Waals surface area contributed by atoms with Crippen LogP contribution in [0.25, 0.3) is 22.3 Å². The summed E-state index contributed by atoms with van der Waals surface area (Å²) in [5.74, 6) is 0.311. The summed E-state index contributed by atoms with van der Waals surface area (Å²) in [4.78, 5) is 6.21. The lowest BCUT2D eigenvalue weighted by Crippen LogP contribution is -2.34. The van der Waals surface area contributed by atoms with Gasteiger partial charge in [0.1, 0.15) is 0 Å². The summed E-state index contributed by atoms with van der Waals surface area (Å²) >= 11 is 1.99. The molecule has 308 valence electrons. The Morgan fingerprint density at radius 2 is 0.923 bits per heavy atom. The number of para-hydroxylation sites is 3. The van der Waals surface area contributed by atoms with Gasteiger partial charge in [-0.25, -0.2) is 0 Å². The molecule has 0 amide bonds. The van der Waals surface area contributed by atoms with Crippen molar-refractivity contribution in [3.63, 3.8) is 0 Å². The molecule has 9 aromatic rings. The van der Waals surface area contributed by atoms with Gasteiger partial charge in [0, 0.05) is 50.1 Å². The molecule has 9 aromatic carbocycles. The zero-order chi connectivity index (χ0) is 42.9. The minimum Gasteiger partial charge on any atom is -0.311 e. The molecule has 0 saturated carbocycles. The second kappa shape index (κ2) is 15.3. The summed E-state index contributed by atoms with van der Waals surface area (Å²) in [7, 11) is 0. The monoisotopic (exact) mass is 848 g/mol. The van der Waals surface area contributed by atoms with Crippen molar-refractivity contribution in [1.29, 1.82) is 0 Å². The fourth-order valence-electron chi connectivity index (χ4n) is 11.3. The maximum Gasteiger partial charge on any atom is 0.0719 e. The molecular weight excluding hydrogens is 805 g/mol. The lowest BCUT2D eigenvalue weighted by molar-refractivity contribution is 0.722. The standard InChI is InChI=1S/C62H44N2S/c1-4-20-45(21-5-1)63(46-22-6-2-7-23-46)48-34-32-42(33-35-48)53-41-61-54(52-27-13-17-31-60(52)65-61)40-59(53)64(47-24-8-3-9-25-47)49-36-37-51-50-26-12-16-30-57(50)62(58(51)39-49)55-28-14-10-18-43(55)38-44-19-11-15-29-56(44)62/h1-37,39-41,52,60H,38H2. The van der Waals surface area contributed by atoms with Gasteiger partial charge < -0.3 is 9.80 Å². The van der Waals surface area contributed by atoms with E-state index in [1.54, 1.807) is 0 Å². The van der Waals surface area contributed by atoms with Gasteiger partial charge in [-0.15, -0.1) is 11.8 Å². The van der Waals surface area contributed by atoms with Crippen LogP contribution in [0.15, 0.2) is 248 Å². The molecule has 1 spiro atoms. The van der Waals surface area contributed by atoms with Crippen LogP contribution in [0.3, 0.4) is 0 Å². The van der Waals surface area contributed by atoms with Crippen LogP contribution in [-0.2, 0) is 11.8 Å². The van der Waals surface area contributed by atoms with Gasteiger partial charge in [0.2, 0.25) is 0 Å². The molecule has 1 heterocycles. The molecular formula is C62H44N2S. The zero-order valence-corrected chi connectivity index (χ0v) is 36.6. The number of benzene rings is 9. The van der Waals surface area contributed by atoms with E-state index in [1.807, 2.05) is 11.8 Å². The Hall–Kier alpha value is -7.59. The second-order valence-corrected chi connectivity index (χ2v) is 18.7. The second-order valence-electron chi connectivity index (χ2n) is 17.5. The number of rotatable bonds is 7. The predicted octanol–water partition coefficient (Wildman–Crippen LogP) is 16.2. The highest BCUT2D eigenvalue weighted by Gasteiger charge is 2.50. The molecule has 65 heavy (non-hydrogen) atoms. The highest BCUT2D eigenvalue weighted by molar-refractivity contribution is 8.00. The average molecular weight is 849 g/mol. The summed E-state index contributed by atoms with van der Waals surface area (Å²) in [6, 6.07) is 81.3. The third-order valence-electron chi connectivity index (χ3n) is 14.1. The summed E-state index contributed by atoms with van der Waals surface area (Å²) in [5, 5.41) is 0.376. The van der Waals surface area contributed by atoms with E-state index in [0.717, 1.165) is 34.9 Å². The average Bonchev–Trinajstić information content (AvgIpc) is 3.88. The first-order chi connectivity index (χ1) is 32.2. The predicted molar refractivity (Wildman–Crippen MR) is 272 cm³/mol. The normalized spacial score (nSPS) is 16.5. The molecule has 3 aliphatic carbocycles. The van der Waals surface area contributed by atoms with E-state index in [2.05, 4.69) is 252 Å². The Labute approximate surface area is 385 Å². The molecule has 1 aliphatic heterocycles. The van der Waals surface area contributed by atoms with E-state index in [4.69, 9.17) is 0 Å². The summed E-state index contributed by atoms with van der Waals surface area (Å²) in [5.41, 5.74) is 21.0. The van der Waals surface area contributed by atoms with Crippen molar-refractivity contribution >= 4 is 45.9 Å². The van der Waals surface area contributed by atoms with Crippen molar-refractivity contribution in [2.75, 3.05) is 9.80 Å². The number of hydrogen-bond acceptors (Lipinski definition) is 3. The van der Waals surface area contributed by atoms with Gasteiger partial charge in [0.25, 0.3) is 0 Å². The molecule has 0 N–H and O–H groups in total. The summed E-state index contributed by atoms with van der Waals surface area (Å²) in [6.45, 7) is 0. The van der Waals surface area contributed by atoms with Crippen LogP contribution in [0.5, 0.6) is 0 Å². The molecule has 0 fully saturated rings. The van der Waals surface area contributed by atoms with Crippen LogP contribution in [0.4, 0.5) is 34.1 Å². The van der Waals surface area contributed by atoms with Crippen LogP contribution in [-0.4, -0.2) is 5.25 Å².